The molecular weight excluding hydrogens is 128 g/mol. The third-order valence-electron chi connectivity index (χ3n) is 1.98. The van der Waals surface area contributed by atoms with Crippen LogP contribution in [0.3, 0.4) is 0 Å². The minimum Gasteiger partial charge on any atom is -0.383 e. The zero-order valence-corrected chi connectivity index (χ0v) is 6.76. The molecule has 1 aliphatic heterocycles. The van der Waals surface area contributed by atoms with Crippen LogP contribution in [-0.2, 0) is 4.74 Å². The normalized spacial score (nSPS) is 21.0. The van der Waals surface area contributed by atoms with E-state index in [0.29, 0.717) is 0 Å². The van der Waals surface area contributed by atoms with Crippen molar-refractivity contribution in [3.63, 3.8) is 0 Å². The van der Waals surface area contributed by atoms with Crippen LogP contribution in [0, 0.1) is 0 Å². The first kappa shape index (κ1) is 7.98. The molecule has 1 N–H and O–H groups in total. The Hall–Kier alpha value is -0.120. The van der Waals surface area contributed by atoms with E-state index in [0.717, 1.165) is 19.2 Å². The molecule has 3 heteroatoms. The van der Waals surface area contributed by atoms with Gasteiger partial charge in [-0.3, -0.25) is 4.90 Å². The number of methoxy groups -OCH3 is 1. The highest BCUT2D eigenvalue weighted by atomic mass is 16.5. The van der Waals surface area contributed by atoms with E-state index in [4.69, 9.17) is 4.74 Å². The summed E-state index contributed by atoms with van der Waals surface area (Å²) >= 11 is 0. The molecule has 1 rings (SSSR count). The molecule has 0 aromatic carbocycles. The lowest BCUT2D eigenvalue weighted by molar-refractivity contribution is 0.0858. The fourth-order valence-electron chi connectivity index (χ4n) is 1.16. The second-order valence-electron chi connectivity index (χ2n) is 2.74. The highest BCUT2D eigenvalue weighted by Crippen LogP contribution is 2.05. The van der Waals surface area contributed by atoms with Crippen molar-refractivity contribution in [2.75, 3.05) is 40.4 Å². The first-order valence-corrected chi connectivity index (χ1v) is 3.75. The minimum absolute atomic E-state index is 0.719. The summed E-state index contributed by atoms with van der Waals surface area (Å²) in [7, 11) is 3.76. The summed E-state index contributed by atoms with van der Waals surface area (Å²) < 4.78 is 4.96. The molecule has 0 radical (unpaired) electrons. The SMILES string of the molecule is CNC1CN(CCOC)C1. The monoisotopic (exact) mass is 144 g/mol. The van der Waals surface area contributed by atoms with Crippen molar-refractivity contribution >= 4 is 0 Å². The van der Waals surface area contributed by atoms with Gasteiger partial charge in [-0.05, 0) is 7.05 Å². The van der Waals surface area contributed by atoms with Gasteiger partial charge >= 0.3 is 0 Å². The van der Waals surface area contributed by atoms with E-state index in [1.54, 1.807) is 7.11 Å². The predicted molar refractivity (Wildman–Crippen MR) is 41.2 cm³/mol. The third-order valence-corrected chi connectivity index (χ3v) is 1.98. The van der Waals surface area contributed by atoms with Crippen LogP contribution < -0.4 is 5.32 Å². The first-order chi connectivity index (χ1) is 4.86. The zero-order valence-electron chi connectivity index (χ0n) is 6.76. The van der Waals surface area contributed by atoms with Gasteiger partial charge in [0.25, 0.3) is 0 Å². The molecule has 1 heterocycles. The molecular formula is C7H16N2O. The van der Waals surface area contributed by atoms with E-state index in [9.17, 15) is 0 Å². The quantitative estimate of drug-likeness (QED) is 0.577. The molecule has 1 fully saturated rings. The number of hydrogen-bond donors (Lipinski definition) is 1. The zero-order chi connectivity index (χ0) is 7.40. The van der Waals surface area contributed by atoms with Crippen molar-refractivity contribution in [3.05, 3.63) is 0 Å². The average Bonchev–Trinajstić information content (AvgIpc) is 1.86. The standard InChI is InChI=1S/C7H16N2O/c1-8-7-5-9(6-7)3-4-10-2/h7-8H,3-6H2,1-2H3. The molecule has 1 saturated heterocycles. The van der Waals surface area contributed by atoms with E-state index in [1.807, 2.05) is 7.05 Å². The van der Waals surface area contributed by atoms with Crippen LogP contribution in [0.5, 0.6) is 0 Å². The van der Waals surface area contributed by atoms with E-state index >= 15 is 0 Å². The summed E-state index contributed by atoms with van der Waals surface area (Å²) in [6.45, 7) is 4.30. The summed E-state index contributed by atoms with van der Waals surface area (Å²) in [5.41, 5.74) is 0. The number of ether oxygens (including phenoxy) is 1. The number of nitrogens with one attached hydrogen (secondary N) is 1. The van der Waals surface area contributed by atoms with E-state index < -0.39 is 0 Å². The molecule has 0 atom stereocenters. The van der Waals surface area contributed by atoms with Crippen LogP contribution in [0.2, 0.25) is 0 Å². The fraction of sp³-hybridized carbons (Fsp3) is 1.00. The summed E-state index contributed by atoms with van der Waals surface area (Å²) in [5.74, 6) is 0. The van der Waals surface area contributed by atoms with Gasteiger partial charge in [0.15, 0.2) is 0 Å². The fourth-order valence-corrected chi connectivity index (χ4v) is 1.16. The van der Waals surface area contributed by atoms with Crippen molar-refractivity contribution in [2.45, 2.75) is 6.04 Å². The van der Waals surface area contributed by atoms with Crippen molar-refractivity contribution in [2.24, 2.45) is 0 Å². The largest absolute Gasteiger partial charge is 0.383 e. The van der Waals surface area contributed by atoms with Gasteiger partial charge in [-0.2, -0.15) is 0 Å². The van der Waals surface area contributed by atoms with Crippen LogP contribution >= 0.6 is 0 Å². The number of hydrogen-bond acceptors (Lipinski definition) is 3. The van der Waals surface area contributed by atoms with Gasteiger partial charge in [0.1, 0.15) is 0 Å². The molecule has 60 valence electrons. The maximum absolute atomic E-state index is 4.96. The van der Waals surface area contributed by atoms with Gasteiger partial charge in [-0.1, -0.05) is 0 Å². The molecule has 0 aliphatic carbocycles. The summed E-state index contributed by atoms with van der Waals surface area (Å²) in [5, 5.41) is 3.23. The van der Waals surface area contributed by atoms with Crippen molar-refractivity contribution in [1.29, 1.82) is 0 Å². The highest BCUT2D eigenvalue weighted by Gasteiger charge is 2.23. The lowest BCUT2D eigenvalue weighted by atomic mass is 10.1. The number of nitrogens with zero attached hydrogens (tertiary/aromatic N) is 1. The number of likely N-dealkylation sites (tertiary alicyclic amines) is 1. The Bertz CT molecular complexity index is 88.9. The van der Waals surface area contributed by atoms with Gasteiger partial charge in [0.05, 0.1) is 6.61 Å². The van der Waals surface area contributed by atoms with Crippen LogP contribution in [0.25, 0.3) is 0 Å². The van der Waals surface area contributed by atoms with E-state index in [2.05, 4.69) is 10.2 Å². The second-order valence-corrected chi connectivity index (χ2v) is 2.74. The molecule has 0 amide bonds. The second kappa shape index (κ2) is 3.91. The lowest BCUT2D eigenvalue weighted by Gasteiger charge is -2.38. The number of rotatable bonds is 4. The molecule has 3 nitrogen and oxygen atoms in total. The summed E-state index contributed by atoms with van der Waals surface area (Å²) in [6, 6.07) is 0.719. The summed E-state index contributed by atoms with van der Waals surface area (Å²) in [6.07, 6.45) is 0. The molecule has 0 aromatic heterocycles. The summed E-state index contributed by atoms with van der Waals surface area (Å²) in [4.78, 5) is 2.38. The maximum Gasteiger partial charge on any atom is 0.0589 e. The molecule has 0 bridgehead atoms. The molecule has 10 heavy (non-hydrogen) atoms. The van der Waals surface area contributed by atoms with Crippen LogP contribution in [-0.4, -0.2) is 51.3 Å². The first-order valence-electron chi connectivity index (χ1n) is 3.75. The molecule has 0 aromatic rings. The van der Waals surface area contributed by atoms with Gasteiger partial charge < -0.3 is 10.1 Å². The van der Waals surface area contributed by atoms with E-state index in [-0.39, 0.29) is 0 Å². The Labute approximate surface area is 62.3 Å². The van der Waals surface area contributed by atoms with Crippen LogP contribution in [0.4, 0.5) is 0 Å². The van der Waals surface area contributed by atoms with Crippen molar-refractivity contribution in [3.8, 4) is 0 Å². The molecule has 0 unspecified atom stereocenters. The van der Waals surface area contributed by atoms with Gasteiger partial charge in [-0.25, -0.2) is 0 Å². The third kappa shape index (κ3) is 1.94. The van der Waals surface area contributed by atoms with Crippen molar-refractivity contribution in [1.82, 2.24) is 10.2 Å². The van der Waals surface area contributed by atoms with Crippen LogP contribution in [0.1, 0.15) is 0 Å². The smallest absolute Gasteiger partial charge is 0.0589 e. The van der Waals surface area contributed by atoms with Crippen LogP contribution in [0.15, 0.2) is 0 Å². The van der Waals surface area contributed by atoms with Gasteiger partial charge in [-0.15, -0.1) is 0 Å². The lowest BCUT2D eigenvalue weighted by Crippen LogP contribution is -2.57. The molecule has 1 aliphatic rings. The average molecular weight is 144 g/mol. The Morgan fingerprint density at radius 2 is 2.30 bits per heavy atom. The Morgan fingerprint density at radius 1 is 1.60 bits per heavy atom. The molecule has 0 spiro atoms. The number of likely N-dealkylation sites (N-methyl/N-ethyl adjacent to an activating group) is 1. The van der Waals surface area contributed by atoms with Gasteiger partial charge in [0.2, 0.25) is 0 Å². The Balaban J connectivity index is 1.93. The van der Waals surface area contributed by atoms with Crippen molar-refractivity contribution < 1.29 is 4.74 Å². The highest BCUT2D eigenvalue weighted by molar-refractivity contribution is 4.83. The minimum atomic E-state index is 0.719. The Morgan fingerprint density at radius 3 is 2.80 bits per heavy atom. The topological polar surface area (TPSA) is 24.5 Å². The molecule has 0 saturated carbocycles. The predicted octanol–water partition coefficient (Wildman–Crippen LogP) is -0.464. The maximum atomic E-state index is 4.96. The van der Waals surface area contributed by atoms with Gasteiger partial charge in [0, 0.05) is 32.8 Å². The van der Waals surface area contributed by atoms with E-state index in [1.165, 1.54) is 13.1 Å². The Kier molecular flexibility index (Phi) is 3.12.